The van der Waals surface area contributed by atoms with Gasteiger partial charge in [0, 0.05) is 23.6 Å². The van der Waals surface area contributed by atoms with Crippen molar-refractivity contribution in [3.63, 3.8) is 0 Å². The highest BCUT2D eigenvalue weighted by Crippen LogP contribution is 2.37. The van der Waals surface area contributed by atoms with E-state index in [-0.39, 0.29) is 12.2 Å². The molecule has 0 atom stereocenters. The lowest BCUT2D eigenvalue weighted by Gasteiger charge is -2.15. The highest BCUT2D eigenvalue weighted by atomic mass is 35.5. The Morgan fingerprint density at radius 3 is 2.53 bits per heavy atom. The molecule has 0 amide bonds. The van der Waals surface area contributed by atoms with Crippen molar-refractivity contribution in [2.24, 2.45) is 5.73 Å². The molecule has 1 aromatic carbocycles. The third-order valence-corrected chi connectivity index (χ3v) is 2.81. The van der Waals surface area contributed by atoms with E-state index in [1.807, 2.05) is 0 Å². The zero-order chi connectivity index (χ0) is 13.0. The standard InChI is InChI=1S/C12H16ClNO3/c1-7-11(9(15)4-5-14)8(13)6-10(16-2)12(7)17-3/h6H,4-5,14H2,1-3H3. The number of halogens is 1. The molecule has 94 valence electrons. The van der Waals surface area contributed by atoms with Gasteiger partial charge in [-0.3, -0.25) is 4.79 Å². The summed E-state index contributed by atoms with van der Waals surface area (Å²) in [6.45, 7) is 2.07. The van der Waals surface area contributed by atoms with Crippen molar-refractivity contribution in [3.05, 3.63) is 22.2 Å². The SMILES string of the molecule is COc1cc(Cl)c(C(=O)CCN)c(C)c1OC. The second-order valence-corrected chi connectivity index (χ2v) is 3.96. The van der Waals surface area contributed by atoms with Crippen molar-refractivity contribution in [1.29, 1.82) is 0 Å². The molecule has 2 N–H and O–H groups in total. The maximum absolute atomic E-state index is 11.9. The minimum absolute atomic E-state index is 0.0871. The van der Waals surface area contributed by atoms with Gasteiger partial charge in [0.25, 0.3) is 0 Å². The van der Waals surface area contributed by atoms with Gasteiger partial charge in [-0.2, -0.15) is 0 Å². The van der Waals surface area contributed by atoms with E-state index in [2.05, 4.69) is 0 Å². The van der Waals surface area contributed by atoms with Gasteiger partial charge in [0.15, 0.2) is 17.3 Å². The molecular weight excluding hydrogens is 242 g/mol. The van der Waals surface area contributed by atoms with Gasteiger partial charge in [0.2, 0.25) is 0 Å². The molecule has 0 spiro atoms. The molecular formula is C12H16ClNO3. The first-order valence-corrected chi connectivity index (χ1v) is 5.58. The van der Waals surface area contributed by atoms with Crippen molar-refractivity contribution in [2.75, 3.05) is 20.8 Å². The van der Waals surface area contributed by atoms with Crippen LogP contribution in [-0.2, 0) is 0 Å². The molecule has 0 saturated carbocycles. The zero-order valence-corrected chi connectivity index (χ0v) is 10.9. The fourth-order valence-electron chi connectivity index (χ4n) is 1.73. The number of Topliss-reactive ketones (excluding diaryl/α,β-unsaturated/α-hetero) is 1. The number of benzene rings is 1. The number of carbonyl (C=O) groups excluding carboxylic acids is 1. The topological polar surface area (TPSA) is 61.5 Å². The summed E-state index contributed by atoms with van der Waals surface area (Å²) in [5, 5.41) is 0.360. The van der Waals surface area contributed by atoms with Gasteiger partial charge < -0.3 is 15.2 Å². The molecule has 1 rings (SSSR count). The van der Waals surface area contributed by atoms with E-state index >= 15 is 0 Å². The molecule has 0 unspecified atom stereocenters. The third kappa shape index (κ3) is 2.70. The van der Waals surface area contributed by atoms with E-state index in [1.54, 1.807) is 13.0 Å². The Labute approximate surface area is 106 Å². The average Bonchev–Trinajstić information content (AvgIpc) is 2.28. The summed E-state index contributed by atoms with van der Waals surface area (Å²) < 4.78 is 10.4. The van der Waals surface area contributed by atoms with Crippen LogP contribution in [0.1, 0.15) is 22.3 Å². The smallest absolute Gasteiger partial charge is 0.166 e. The summed E-state index contributed by atoms with van der Waals surface area (Å²) in [5.74, 6) is 0.951. The molecule has 4 nitrogen and oxygen atoms in total. The highest BCUT2D eigenvalue weighted by Gasteiger charge is 2.20. The predicted octanol–water partition coefficient (Wildman–Crippen LogP) is 2.20. The van der Waals surface area contributed by atoms with E-state index in [0.717, 1.165) is 0 Å². The quantitative estimate of drug-likeness (QED) is 0.822. The Bertz CT molecular complexity index is 432. The van der Waals surface area contributed by atoms with Crippen LogP contribution in [0, 0.1) is 6.92 Å². The predicted molar refractivity (Wildman–Crippen MR) is 67.3 cm³/mol. The average molecular weight is 258 g/mol. The normalized spacial score (nSPS) is 10.2. The summed E-state index contributed by atoms with van der Waals surface area (Å²) in [6.07, 6.45) is 0.260. The van der Waals surface area contributed by atoms with Crippen LogP contribution in [0.4, 0.5) is 0 Å². The molecule has 0 bridgehead atoms. The van der Waals surface area contributed by atoms with Gasteiger partial charge in [-0.15, -0.1) is 0 Å². The van der Waals surface area contributed by atoms with Gasteiger partial charge >= 0.3 is 0 Å². The largest absolute Gasteiger partial charge is 0.493 e. The van der Waals surface area contributed by atoms with Crippen LogP contribution < -0.4 is 15.2 Å². The lowest BCUT2D eigenvalue weighted by Crippen LogP contribution is -2.11. The Morgan fingerprint density at radius 2 is 2.06 bits per heavy atom. The van der Waals surface area contributed by atoms with Crippen LogP contribution in [0.25, 0.3) is 0 Å². The van der Waals surface area contributed by atoms with Gasteiger partial charge in [-0.25, -0.2) is 0 Å². The number of hydrogen-bond donors (Lipinski definition) is 1. The van der Waals surface area contributed by atoms with Crippen LogP contribution >= 0.6 is 11.6 Å². The fraction of sp³-hybridized carbons (Fsp3) is 0.417. The van der Waals surface area contributed by atoms with Crippen molar-refractivity contribution in [2.45, 2.75) is 13.3 Å². The van der Waals surface area contributed by atoms with Crippen molar-refractivity contribution < 1.29 is 14.3 Å². The van der Waals surface area contributed by atoms with E-state index in [4.69, 9.17) is 26.8 Å². The third-order valence-electron chi connectivity index (χ3n) is 2.51. The molecule has 0 fully saturated rings. The first-order valence-electron chi connectivity index (χ1n) is 5.21. The van der Waals surface area contributed by atoms with Crippen molar-refractivity contribution in [3.8, 4) is 11.5 Å². The van der Waals surface area contributed by atoms with E-state index < -0.39 is 0 Å². The first kappa shape index (κ1) is 13.8. The number of rotatable bonds is 5. The molecule has 0 aliphatic rings. The molecule has 17 heavy (non-hydrogen) atoms. The summed E-state index contributed by atoms with van der Waals surface area (Å²) >= 11 is 6.08. The van der Waals surface area contributed by atoms with Crippen LogP contribution in [0.3, 0.4) is 0 Å². The first-order chi connectivity index (χ1) is 8.06. The minimum atomic E-state index is -0.0871. The van der Waals surface area contributed by atoms with E-state index in [0.29, 0.717) is 34.2 Å². The maximum atomic E-state index is 11.9. The number of hydrogen-bond acceptors (Lipinski definition) is 4. The zero-order valence-electron chi connectivity index (χ0n) is 10.2. The number of carbonyl (C=O) groups is 1. The van der Waals surface area contributed by atoms with E-state index in [9.17, 15) is 4.79 Å². The number of nitrogens with two attached hydrogens (primary N) is 1. The summed E-state index contributed by atoms with van der Waals surface area (Å²) in [6, 6.07) is 1.58. The van der Waals surface area contributed by atoms with Crippen LogP contribution in [0.2, 0.25) is 5.02 Å². The van der Waals surface area contributed by atoms with Crippen LogP contribution in [0.15, 0.2) is 6.07 Å². The van der Waals surface area contributed by atoms with Gasteiger partial charge in [0.1, 0.15) is 0 Å². The molecule has 5 heteroatoms. The lowest BCUT2D eigenvalue weighted by atomic mass is 10.0. The molecule has 0 radical (unpaired) electrons. The molecule has 0 aliphatic heterocycles. The molecule has 0 aromatic heterocycles. The molecule has 0 heterocycles. The second kappa shape index (κ2) is 5.89. The minimum Gasteiger partial charge on any atom is -0.493 e. The monoisotopic (exact) mass is 257 g/mol. The van der Waals surface area contributed by atoms with Gasteiger partial charge in [-0.1, -0.05) is 11.6 Å². The Hall–Kier alpha value is -1.26. The lowest BCUT2D eigenvalue weighted by molar-refractivity contribution is 0.0984. The Kier molecular flexibility index (Phi) is 4.78. The summed E-state index contributed by atoms with van der Waals surface area (Å²) in [4.78, 5) is 11.9. The number of ketones is 1. The maximum Gasteiger partial charge on any atom is 0.166 e. The van der Waals surface area contributed by atoms with Crippen molar-refractivity contribution in [1.82, 2.24) is 0 Å². The highest BCUT2D eigenvalue weighted by molar-refractivity contribution is 6.34. The Balaban J connectivity index is 3.36. The van der Waals surface area contributed by atoms with E-state index in [1.165, 1.54) is 14.2 Å². The Morgan fingerprint density at radius 1 is 1.41 bits per heavy atom. The van der Waals surface area contributed by atoms with Crippen molar-refractivity contribution >= 4 is 17.4 Å². The van der Waals surface area contributed by atoms with Crippen LogP contribution in [-0.4, -0.2) is 26.5 Å². The number of ether oxygens (including phenoxy) is 2. The number of methoxy groups -OCH3 is 2. The molecule has 0 aliphatic carbocycles. The summed E-state index contributed by atoms with van der Waals surface area (Å²) in [5.41, 5.74) is 6.50. The van der Waals surface area contributed by atoms with Crippen LogP contribution in [0.5, 0.6) is 11.5 Å². The van der Waals surface area contributed by atoms with Gasteiger partial charge in [-0.05, 0) is 13.5 Å². The fourth-order valence-corrected chi connectivity index (χ4v) is 2.08. The van der Waals surface area contributed by atoms with Gasteiger partial charge in [0.05, 0.1) is 19.2 Å². The summed E-state index contributed by atoms with van der Waals surface area (Å²) in [7, 11) is 3.05. The molecule has 0 saturated heterocycles. The second-order valence-electron chi connectivity index (χ2n) is 3.56. The molecule has 1 aromatic rings.